The third kappa shape index (κ3) is 3.40. The van der Waals surface area contributed by atoms with E-state index < -0.39 is 17.6 Å². The van der Waals surface area contributed by atoms with E-state index in [1.165, 1.54) is 6.07 Å². The summed E-state index contributed by atoms with van der Waals surface area (Å²) >= 11 is 0. The molecule has 7 heteroatoms. The van der Waals surface area contributed by atoms with E-state index in [-0.39, 0.29) is 11.6 Å². The highest BCUT2D eigenvalue weighted by Gasteiger charge is 2.11. The second-order valence-corrected chi connectivity index (χ2v) is 3.31. The van der Waals surface area contributed by atoms with Crippen molar-refractivity contribution >= 4 is 17.6 Å². The third-order valence-corrected chi connectivity index (χ3v) is 2.03. The lowest BCUT2D eigenvalue weighted by atomic mass is 10.1. The number of halogens is 2. The summed E-state index contributed by atoms with van der Waals surface area (Å²) < 4.78 is 26.4. The number of hydrogen-bond acceptors (Lipinski definition) is 2. The molecule has 1 aromatic rings. The number of hydrogen-bond donors (Lipinski definition) is 5. The van der Waals surface area contributed by atoms with Gasteiger partial charge in [0, 0.05) is 6.07 Å². The van der Waals surface area contributed by atoms with Gasteiger partial charge in [-0.25, -0.2) is 8.78 Å². The van der Waals surface area contributed by atoms with E-state index in [2.05, 4.69) is 10.6 Å². The molecule has 0 heterocycles. The minimum absolute atomic E-state index is 0.00708. The Hall–Kier alpha value is -2.18. The number of aryl methyl sites for hydroxylation is 1. The van der Waals surface area contributed by atoms with E-state index in [0.717, 1.165) is 6.07 Å². The average molecular weight is 241 g/mol. The van der Waals surface area contributed by atoms with E-state index >= 15 is 0 Å². The number of anilines is 1. The summed E-state index contributed by atoms with van der Waals surface area (Å²) in [4.78, 5) is 0. The summed E-state index contributed by atoms with van der Waals surface area (Å²) in [6, 6.07) is 1.91. The van der Waals surface area contributed by atoms with Crippen LogP contribution in [0.25, 0.3) is 0 Å². The topological polar surface area (TPSA) is 97.8 Å². The molecule has 17 heavy (non-hydrogen) atoms. The van der Waals surface area contributed by atoms with Crippen LogP contribution in [0.1, 0.15) is 12.5 Å². The van der Waals surface area contributed by atoms with E-state index in [9.17, 15) is 8.78 Å². The van der Waals surface area contributed by atoms with Crippen molar-refractivity contribution in [1.29, 1.82) is 10.8 Å². The van der Waals surface area contributed by atoms with E-state index in [1.54, 1.807) is 6.92 Å². The Labute approximate surface area is 97.0 Å². The summed E-state index contributed by atoms with van der Waals surface area (Å²) in [5, 5.41) is 18.8. The number of guanidine groups is 2. The first-order valence-electron chi connectivity index (χ1n) is 4.88. The predicted molar refractivity (Wildman–Crippen MR) is 62.1 cm³/mol. The van der Waals surface area contributed by atoms with Gasteiger partial charge < -0.3 is 11.1 Å². The Morgan fingerprint density at radius 1 is 1.35 bits per heavy atom. The molecule has 0 amide bonds. The minimum Gasteiger partial charge on any atom is -0.370 e. The molecule has 0 saturated heterocycles. The Kier molecular flexibility index (Phi) is 3.97. The van der Waals surface area contributed by atoms with Gasteiger partial charge in [-0.05, 0) is 18.1 Å². The summed E-state index contributed by atoms with van der Waals surface area (Å²) in [6.45, 7) is 1.74. The van der Waals surface area contributed by atoms with Gasteiger partial charge in [0.05, 0.1) is 5.69 Å². The van der Waals surface area contributed by atoms with Crippen LogP contribution in [0, 0.1) is 22.5 Å². The first-order valence-corrected chi connectivity index (χ1v) is 4.88. The van der Waals surface area contributed by atoms with Crippen molar-refractivity contribution in [2.24, 2.45) is 5.73 Å². The van der Waals surface area contributed by atoms with Crippen molar-refractivity contribution in [2.75, 3.05) is 5.32 Å². The molecule has 0 saturated carbocycles. The van der Waals surface area contributed by atoms with Crippen LogP contribution in [0.2, 0.25) is 0 Å². The van der Waals surface area contributed by atoms with Gasteiger partial charge in [-0.15, -0.1) is 0 Å². The highest BCUT2D eigenvalue weighted by Crippen LogP contribution is 2.21. The van der Waals surface area contributed by atoms with Crippen LogP contribution in [0.5, 0.6) is 0 Å². The van der Waals surface area contributed by atoms with E-state index in [4.69, 9.17) is 16.6 Å². The molecule has 0 atom stereocenters. The van der Waals surface area contributed by atoms with Gasteiger partial charge in [-0.2, -0.15) is 0 Å². The van der Waals surface area contributed by atoms with Crippen molar-refractivity contribution < 1.29 is 8.78 Å². The Morgan fingerprint density at radius 2 is 2.00 bits per heavy atom. The monoisotopic (exact) mass is 241 g/mol. The van der Waals surface area contributed by atoms with Crippen LogP contribution in [0.3, 0.4) is 0 Å². The number of rotatable bonds is 2. The van der Waals surface area contributed by atoms with Crippen molar-refractivity contribution in [3.05, 3.63) is 29.3 Å². The second kappa shape index (κ2) is 5.24. The molecule has 6 N–H and O–H groups in total. The smallest absolute Gasteiger partial charge is 0.199 e. The molecule has 0 bridgehead atoms. The summed E-state index contributed by atoms with van der Waals surface area (Å²) in [5.41, 5.74) is 5.42. The van der Waals surface area contributed by atoms with Gasteiger partial charge in [0.15, 0.2) is 11.9 Å². The normalized spacial score (nSPS) is 9.82. The molecule has 0 aliphatic carbocycles. The van der Waals surface area contributed by atoms with Gasteiger partial charge in [0.1, 0.15) is 11.6 Å². The van der Waals surface area contributed by atoms with Crippen molar-refractivity contribution in [3.8, 4) is 0 Å². The Balaban J connectivity index is 2.97. The fraction of sp³-hybridized carbons (Fsp3) is 0.200. The molecule has 0 fully saturated rings. The maximum Gasteiger partial charge on any atom is 0.199 e. The highest BCUT2D eigenvalue weighted by atomic mass is 19.1. The van der Waals surface area contributed by atoms with Crippen molar-refractivity contribution in [2.45, 2.75) is 13.3 Å². The molecule has 1 rings (SSSR count). The van der Waals surface area contributed by atoms with Gasteiger partial charge in [0.25, 0.3) is 0 Å². The molecule has 5 nitrogen and oxygen atoms in total. The summed E-state index contributed by atoms with van der Waals surface area (Å²) in [5.74, 6) is -2.26. The first kappa shape index (κ1) is 12.9. The lowest BCUT2D eigenvalue weighted by Crippen LogP contribution is -2.39. The van der Waals surface area contributed by atoms with Crippen LogP contribution in [0.4, 0.5) is 14.5 Å². The fourth-order valence-electron chi connectivity index (χ4n) is 1.34. The van der Waals surface area contributed by atoms with Crippen LogP contribution in [-0.4, -0.2) is 11.9 Å². The van der Waals surface area contributed by atoms with Gasteiger partial charge in [-0.3, -0.25) is 16.1 Å². The van der Waals surface area contributed by atoms with Gasteiger partial charge >= 0.3 is 0 Å². The zero-order valence-electron chi connectivity index (χ0n) is 9.20. The average Bonchev–Trinajstić information content (AvgIpc) is 2.20. The minimum atomic E-state index is -0.794. The van der Waals surface area contributed by atoms with Crippen LogP contribution >= 0.6 is 0 Å². The lowest BCUT2D eigenvalue weighted by Gasteiger charge is -2.13. The molecule has 1 aromatic carbocycles. The highest BCUT2D eigenvalue weighted by molar-refractivity contribution is 6.02. The predicted octanol–water partition coefficient (Wildman–Crippen LogP) is 1.36. The first-order chi connectivity index (χ1) is 7.93. The molecule has 0 spiro atoms. The third-order valence-electron chi connectivity index (χ3n) is 2.03. The van der Waals surface area contributed by atoms with Crippen molar-refractivity contribution in [1.82, 2.24) is 5.32 Å². The van der Waals surface area contributed by atoms with Crippen LogP contribution < -0.4 is 16.4 Å². The van der Waals surface area contributed by atoms with Crippen LogP contribution in [0.15, 0.2) is 12.1 Å². The number of nitrogens with one attached hydrogen (secondary N) is 4. The molecule has 0 unspecified atom stereocenters. The van der Waals surface area contributed by atoms with Crippen molar-refractivity contribution in [3.63, 3.8) is 0 Å². The zero-order valence-corrected chi connectivity index (χ0v) is 9.20. The SMILES string of the molecule is CCc1cc(F)cc(F)c1NC(=N)NC(=N)N. The molecule has 0 aliphatic heterocycles. The van der Waals surface area contributed by atoms with Gasteiger partial charge in [0.2, 0.25) is 0 Å². The standard InChI is InChI=1S/C10H13F2N5/c1-2-5-3-6(11)4-7(12)8(5)16-10(15)17-9(13)14/h3-4H,2H2,1H3,(H6,13,14,15,16,17). The quantitative estimate of drug-likeness (QED) is 0.399. The molecule has 92 valence electrons. The Morgan fingerprint density at radius 3 is 2.53 bits per heavy atom. The summed E-state index contributed by atoms with van der Waals surface area (Å²) in [6.07, 6.45) is 0.407. The van der Waals surface area contributed by atoms with E-state index in [0.29, 0.717) is 12.0 Å². The van der Waals surface area contributed by atoms with Gasteiger partial charge in [-0.1, -0.05) is 6.92 Å². The van der Waals surface area contributed by atoms with Crippen LogP contribution in [-0.2, 0) is 6.42 Å². The van der Waals surface area contributed by atoms with E-state index in [1.807, 2.05) is 0 Å². The molecule has 0 aliphatic rings. The second-order valence-electron chi connectivity index (χ2n) is 3.31. The molecule has 0 aromatic heterocycles. The molecular weight excluding hydrogens is 228 g/mol. The Bertz CT molecular complexity index is 458. The number of nitrogens with two attached hydrogens (primary N) is 1. The summed E-state index contributed by atoms with van der Waals surface area (Å²) in [7, 11) is 0. The maximum absolute atomic E-state index is 13.5. The lowest BCUT2D eigenvalue weighted by molar-refractivity contribution is 0.583. The molecule has 0 radical (unpaired) electrons. The molecular formula is C10H13F2N5. The fourth-order valence-corrected chi connectivity index (χ4v) is 1.34. The maximum atomic E-state index is 13.5. The largest absolute Gasteiger partial charge is 0.370 e. The number of benzene rings is 1. The zero-order chi connectivity index (χ0) is 13.0.